The summed E-state index contributed by atoms with van der Waals surface area (Å²) in [5, 5.41) is 19.8. The number of aromatic amines is 2. The van der Waals surface area contributed by atoms with Crippen LogP contribution < -0.4 is 0 Å². The molecule has 254 valence electrons. The summed E-state index contributed by atoms with van der Waals surface area (Å²) >= 11 is 0. The van der Waals surface area contributed by atoms with E-state index in [2.05, 4.69) is 23.8 Å². The number of aliphatic carboxylic acids is 2. The Hall–Kier alpha value is -4.77. The minimum Gasteiger partial charge on any atom is -0.481 e. The molecular formula is C37H44N4O7. The third kappa shape index (κ3) is 6.26. The zero-order valence-electron chi connectivity index (χ0n) is 28.8. The Morgan fingerprint density at radius 2 is 1.62 bits per heavy atom. The molecule has 5 heterocycles. The van der Waals surface area contributed by atoms with Crippen molar-refractivity contribution in [3.05, 3.63) is 68.8 Å². The van der Waals surface area contributed by atoms with Crippen molar-refractivity contribution in [3.63, 3.8) is 0 Å². The summed E-state index contributed by atoms with van der Waals surface area (Å²) in [6, 6.07) is 5.89. The number of hydrogen-bond donors (Lipinski definition) is 4. The highest BCUT2D eigenvalue weighted by Gasteiger charge is 2.34. The molecule has 3 aromatic heterocycles. The SMILES string of the molecule is CCOC(C)C1=C(C)c2cc3nc(c(CC(=O)O)c4[nH]c(cc5[nH]c(cc1n2)c(C)c5CC)c(C)c4C(=O)OC)[C@@H](CCC(=O)O)[C@@H]3C. The molecule has 0 saturated heterocycles. The Bertz CT molecular complexity index is 2000. The Labute approximate surface area is 279 Å². The number of rotatable bonds is 10. The molecular weight excluding hydrogens is 612 g/mol. The number of carboxylic acids is 2. The van der Waals surface area contributed by atoms with Crippen molar-refractivity contribution in [1.82, 2.24) is 19.9 Å². The number of carboxylic acid groups (broad SMARTS) is 2. The van der Waals surface area contributed by atoms with Gasteiger partial charge in [-0.2, -0.15) is 0 Å². The van der Waals surface area contributed by atoms with Gasteiger partial charge in [0.25, 0.3) is 0 Å². The summed E-state index contributed by atoms with van der Waals surface area (Å²) in [6.45, 7) is 14.4. The van der Waals surface area contributed by atoms with E-state index in [0.29, 0.717) is 45.8 Å². The lowest BCUT2D eigenvalue weighted by Gasteiger charge is -2.17. The van der Waals surface area contributed by atoms with E-state index in [0.717, 1.165) is 45.4 Å². The number of allylic oxidation sites excluding steroid dienone is 1. The fourth-order valence-corrected chi connectivity index (χ4v) is 7.21. The molecule has 5 rings (SSSR count). The van der Waals surface area contributed by atoms with Crippen LogP contribution in [0.3, 0.4) is 0 Å². The molecule has 0 aromatic carbocycles. The van der Waals surface area contributed by atoms with Crippen LogP contribution in [0.4, 0.5) is 0 Å². The van der Waals surface area contributed by atoms with Gasteiger partial charge in [-0.05, 0) is 87.9 Å². The molecule has 8 bridgehead atoms. The minimum absolute atomic E-state index is 0.134. The van der Waals surface area contributed by atoms with E-state index in [1.807, 2.05) is 45.9 Å². The van der Waals surface area contributed by atoms with Crippen LogP contribution in [0, 0.1) is 13.8 Å². The van der Waals surface area contributed by atoms with Gasteiger partial charge in [0, 0.05) is 58.2 Å². The number of methoxy groups -OCH3 is 1. The van der Waals surface area contributed by atoms with E-state index < -0.39 is 30.2 Å². The summed E-state index contributed by atoms with van der Waals surface area (Å²) in [4.78, 5) is 54.6. The molecule has 4 N–H and O–H groups in total. The van der Waals surface area contributed by atoms with E-state index >= 15 is 0 Å². The average Bonchev–Trinajstić information content (AvgIpc) is 3.71. The summed E-state index contributed by atoms with van der Waals surface area (Å²) in [6.07, 6.45) is 0.156. The van der Waals surface area contributed by atoms with Crippen LogP contribution in [-0.4, -0.2) is 67.9 Å². The predicted molar refractivity (Wildman–Crippen MR) is 184 cm³/mol. The zero-order chi connectivity index (χ0) is 35.0. The predicted octanol–water partition coefficient (Wildman–Crippen LogP) is 7.02. The standard InChI is InChI=1S/C37H44N4O7/c1-9-22-17(3)25-16-30-33(21(7)48-10-2)19(5)27(39-30)14-26-18(4)23(11-12-31(42)43)35(40-26)24(13-32(44)45)36-34(37(46)47-8)20(6)28(41-36)15-29(22)38-25/h14-16,18,21,23,38,41H,9-13H2,1-8H3,(H,42,43)(H,44,45)/t18-,21?,23-/m0/s1. The van der Waals surface area contributed by atoms with Crippen LogP contribution in [0.25, 0.3) is 33.2 Å². The number of aromatic nitrogens is 4. The van der Waals surface area contributed by atoms with Gasteiger partial charge in [-0.15, -0.1) is 0 Å². The quantitative estimate of drug-likeness (QED) is 0.168. The number of esters is 1. The van der Waals surface area contributed by atoms with Gasteiger partial charge in [0.05, 0.1) is 47.8 Å². The summed E-state index contributed by atoms with van der Waals surface area (Å²) in [5.41, 5.74) is 10.4. The van der Waals surface area contributed by atoms with Gasteiger partial charge in [-0.1, -0.05) is 13.8 Å². The molecule has 11 nitrogen and oxygen atoms in total. The van der Waals surface area contributed by atoms with E-state index in [4.69, 9.17) is 19.4 Å². The fraction of sp³-hybridized carbons (Fsp3) is 0.432. The van der Waals surface area contributed by atoms with Crippen LogP contribution in [0.1, 0.15) is 115 Å². The highest BCUT2D eigenvalue weighted by atomic mass is 16.5. The van der Waals surface area contributed by atoms with Crippen molar-refractivity contribution >= 4 is 51.1 Å². The van der Waals surface area contributed by atoms with Gasteiger partial charge in [0.15, 0.2) is 0 Å². The maximum absolute atomic E-state index is 13.4. The van der Waals surface area contributed by atoms with Crippen molar-refractivity contribution in [2.75, 3.05) is 13.7 Å². The monoisotopic (exact) mass is 656 g/mol. The Kier molecular flexibility index (Phi) is 9.91. The van der Waals surface area contributed by atoms with Crippen LogP contribution >= 0.6 is 0 Å². The molecule has 11 heteroatoms. The number of hydrogen-bond acceptors (Lipinski definition) is 7. The number of nitrogens with one attached hydrogen (secondary N) is 2. The van der Waals surface area contributed by atoms with E-state index in [1.54, 1.807) is 6.92 Å². The molecule has 3 atom stereocenters. The maximum atomic E-state index is 13.4. The lowest BCUT2D eigenvalue weighted by Crippen LogP contribution is -2.11. The molecule has 3 aromatic rings. The van der Waals surface area contributed by atoms with E-state index in [1.165, 1.54) is 7.11 Å². The average molecular weight is 657 g/mol. The number of nitrogens with zero attached hydrogens (tertiary/aromatic N) is 2. The molecule has 0 spiro atoms. The van der Waals surface area contributed by atoms with Gasteiger partial charge >= 0.3 is 17.9 Å². The first-order valence-electron chi connectivity index (χ1n) is 16.4. The number of H-pyrrole nitrogens is 2. The van der Waals surface area contributed by atoms with Gasteiger partial charge in [0.2, 0.25) is 0 Å². The summed E-state index contributed by atoms with van der Waals surface area (Å²) in [5.74, 6) is -3.38. The second-order valence-corrected chi connectivity index (χ2v) is 12.6. The summed E-state index contributed by atoms with van der Waals surface area (Å²) in [7, 11) is 1.29. The van der Waals surface area contributed by atoms with Gasteiger partial charge < -0.3 is 29.7 Å². The maximum Gasteiger partial charge on any atom is 0.340 e. The highest BCUT2D eigenvalue weighted by Crippen LogP contribution is 2.43. The van der Waals surface area contributed by atoms with Crippen molar-refractivity contribution in [2.24, 2.45) is 0 Å². The first-order valence-corrected chi connectivity index (χ1v) is 16.4. The third-order valence-electron chi connectivity index (χ3n) is 9.74. The Morgan fingerprint density at radius 1 is 0.917 bits per heavy atom. The molecule has 1 unspecified atom stereocenters. The van der Waals surface area contributed by atoms with Crippen LogP contribution in [0.2, 0.25) is 0 Å². The minimum atomic E-state index is -1.11. The molecule has 0 radical (unpaired) electrons. The number of ether oxygens (including phenoxy) is 2. The van der Waals surface area contributed by atoms with Crippen molar-refractivity contribution < 1.29 is 34.1 Å². The van der Waals surface area contributed by atoms with Gasteiger partial charge in [0.1, 0.15) is 0 Å². The van der Waals surface area contributed by atoms with Crippen LogP contribution in [-0.2, 0) is 31.9 Å². The molecule has 0 saturated carbocycles. The first kappa shape index (κ1) is 34.6. The lowest BCUT2D eigenvalue weighted by atomic mass is 9.85. The zero-order valence-corrected chi connectivity index (χ0v) is 28.8. The lowest BCUT2D eigenvalue weighted by molar-refractivity contribution is -0.138. The highest BCUT2D eigenvalue weighted by molar-refractivity contribution is 6.03. The van der Waals surface area contributed by atoms with Gasteiger partial charge in [-0.25, -0.2) is 9.78 Å². The van der Waals surface area contributed by atoms with Crippen molar-refractivity contribution in [3.8, 4) is 0 Å². The second-order valence-electron chi connectivity index (χ2n) is 12.6. The molecule has 2 aliphatic rings. The number of carbonyl (C=O) groups is 3. The van der Waals surface area contributed by atoms with E-state index in [9.17, 15) is 24.6 Å². The van der Waals surface area contributed by atoms with Crippen molar-refractivity contribution in [1.29, 1.82) is 0 Å². The Balaban J connectivity index is 2.03. The van der Waals surface area contributed by atoms with Gasteiger partial charge in [-0.3, -0.25) is 14.6 Å². The normalized spacial score (nSPS) is 16.7. The molecule has 0 amide bonds. The third-order valence-corrected chi connectivity index (χ3v) is 9.74. The number of carbonyl (C=O) groups excluding carboxylic acids is 1. The largest absolute Gasteiger partial charge is 0.481 e. The summed E-state index contributed by atoms with van der Waals surface area (Å²) < 4.78 is 11.3. The second kappa shape index (κ2) is 13.8. The van der Waals surface area contributed by atoms with Crippen LogP contribution in [0.5, 0.6) is 0 Å². The Morgan fingerprint density at radius 3 is 2.25 bits per heavy atom. The fourth-order valence-electron chi connectivity index (χ4n) is 7.21. The number of fused-ring (bicyclic) bond motifs is 8. The first-order chi connectivity index (χ1) is 22.8. The topological polar surface area (TPSA) is 167 Å². The van der Waals surface area contributed by atoms with Crippen molar-refractivity contribution in [2.45, 2.75) is 92.1 Å². The molecule has 0 fully saturated rings. The molecule has 0 aliphatic carbocycles. The van der Waals surface area contributed by atoms with E-state index in [-0.39, 0.29) is 30.4 Å². The smallest absolute Gasteiger partial charge is 0.340 e. The number of aryl methyl sites for hydroxylation is 3. The molecule has 2 aliphatic heterocycles. The van der Waals surface area contributed by atoms with Crippen LogP contribution in [0.15, 0.2) is 18.2 Å². The molecule has 48 heavy (non-hydrogen) atoms.